The van der Waals surface area contributed by atoms with E-state index >= 15 is 0 Å². The number of anilines is 1. The van der Waals surface area contributed by atoms with Gasteiger partial charge in [-0.05, 0) is 63.1 Å². The van der Waals surface area contributed by atoms with Gasteiger partial charge in [-0.2, -0.15) is 0 Å². The number of rotatable bonds is 9. The number of nitrogens with one attached hydrogen (secondary N) is 2. The lowest BCUT2D eigenvalue weighted by Crippen LogP contribution is -2.47. The molecule has 0 aromatic heterocycles. The molecule has 2 heterocycles. The van der Waals surface area contributed by atoms with Crippen molar-refractivity contribution in [3.05, 3.63) is 29.8 Å². The Bertz CT molecular complexity index is 715. The van der Waals surface area contributed by atoms with Crippen molar-refractivity contribution < 1.29 is 14.3 Å². The molecule has 0 spiro atoms. The molecule has 0 saturated carbocycles. The maximum absolute atomic E-state index is 11.7. The van der Waals surface area contributed by atoms with Crippen LogP contribution in [0, 0.1) is 0 Å². The molecule has 0 radical (unpaired) electrons. The number of guanidine groups is 1. The zero-order chi connectivity index (χ0) is 22.6. The van der Waals surface area contributed by atoms with Gasteiger partial charge in [0.15, 0.2) is 5.96 Å². The molecule has 8 heteroatoms. The average molecular weight is 573 g/mol. The van der Waals surface area contributed by atoms with Crippen LogP contribution in [0.3, 0.4) is 0 Å². The predicted molar refractivity (Wildman–Crippen MR) is 144 cm³/mol. The largest absolute Gasteiger partial charge is 0.376 e. The summed E-state index contributed by atoms with van der Waals surface area (Å²) in [5.41, 5.74) is 1.96. The van der Waals surface area contributed by atoms with Crippen LogP contribution >= 0.6 is 24.0 Å². The Hall–Kier alpha value is -1.39. The minimum Gasteiger partial charge on any atom is -0.376 e. The maximum atomic E-state index is 11.7. The van der Waals surface area contributed by atoms with E-state index in [1.807, 2.05) is 31.2 Å². The Morgan fingerprint density at radius 2 is 1.91 bits per heavy atom. The standard InChI is InChI=1S/C25H40N4O3.HI/c1-3-7-24(30)28-21-11-9-20(10-12-21)18-27-25(26-4-2)29-15-13-22(14-16-29)32-19-23-8-5-6-17-31-23;/h9-12,22-23H,3-8,13-19H2,1-2H3,(H,26,27)(H,28,30);1H. The monoisotopic (exact) mass is 572 g/mol. The van der Waals surface area contributed by atoms with E-state index in [0.29, 0.717) is 19.1 Å². The van der Waals surface area contributed by atoms with Gasteiger partial charge in [0, 0.05) is 38.3 Å². The molecule has 3 rings (SSSR count). The Morgan fingerprint density at radius 1 is 1.15 bits per heavy atom. The van der Waals surface area contributed by atoms with E-state index in [0.717, 1.165) is 75.7 Å². The first-order valence-corrected chi connectivity index (χ1v) is 12.3. The van der Waals surface area contributed by atoms with E-state index < -0.39 is 0 Å². The van der Waals surface area contributed by atoms with Gasteiger partial charge in [-0.3, -0.25) is 4.79 Å². The molecule has 0 aliphatic carbocycles. The summed E-state index contributed by atoms with van der Waals surface area (Å²) in [5.74, 6) is 1.02. The molecular formula is C25H41IN4O3. The topological polar surface area (TPSA) is 75.2 Å². The van der Waals surface area contributed by atoms with Crippen molar-refractivity contribution in [2.75, 3.05) is 38.2 Å². The number of aliphatic imine (C=N–C) groups is 1. The smallest absolute Gasteiger partial charge is 0.224 e. The summed E-state index contributed by atoms with van der Waals surface area (Å²) in [6, 6.07) is 7.96. The number of carbonyl (C=O) groups is 1. The summed E-state index contributed by atoms with van der Waals surface area (Å²) >= 11 is 0. The number of ether oxygens (including phenoxy) is 2. The molecule has 1 atom stereocenters. The van der Waals surface area contributed by atoms with Crippen LogP contribution in [0.1, 0.15) is 64.4 Å². The molecule has 2 aliphatic heterocycles. The Kier molecular flexibility index (Phi) is 13.1. The summed E-state index contributed by atoms with van der Waals surface area (Å²) in [5, 5.41) is 6.36. The van der Waals surface area contributed by atoms with Gasteiger partial charge in [0.05, 0.1) is 25.4 Å². The van der Waals surface area contributed by atoms with Gasteiger partial charge in [0.25, 0.3) is 0 Å². The van der Waals surface area contributed by atoms with Gasteiger partial charge in [0.2, 0.25) is 5.91 Å². The Morgan fingerprint density at radius 3 is 2.55 bits per heavy atom. The fraction of sp³-hybridized carbons (Fsp3) is 0.680. The number of piperidine rings is 1. The zero-order valence-corrected chi connectivity index (χ0v) is 22.5. The van der Waals surface area contributed by atoms with Crippen molar-refractivity contribution in [2.45, 2.75) is 77.5 Å². The van der Waals surface area contributed by atoms with E-state index in [1.54, 1.807) is 0 Å². The second kappa shape index (κ2) is 15.5. The highest BCUT2D eigenvalue weighted by atomic mass is 127. The summed E-state index contributed by atoms with van der Waals surface area (Å²) in [4.78, 5) is 18.9. The summed E-state index contributed by atoms with van der Waals surface area (Å²) < 4.78 is 11.9. The number of hydrogen-bond donors (Lipinski definition) is 2. The molecule has 2 N–H and O–H groups in total. The minimum absolute atomic E-state index is 0. The van der Waals surface area contributed by atoms with Crippen LogP contribution in [-0.4, -0.2) is 61.8 Å². The van der Waals surface area contributed by atoms with Crippen LogP contribution < -0.4 is 10.6 Å². The quantitative estimate of drug-likeness (QED) is 0.258. The zero-order valence-electron chi connectivity index (χ0n) is 20.2. The number of nitrogens with zero attached hydrogens (tertiary/aromatic N) is 2. The van der Waals surface area contributed by atoms with Crippen LogP contribution in [0.4, 0.5) is 5.69 Å². The molecular weight excluding hydrogens is 531 g/mol. The number of halogens is 1. The van der Waals surface area contributed by atoms with Crippen LogP contribution in [-0.2, 0) is 20.8 Å². The normalized spacial score (nSPS) is 19.6. The van der Waals surface area contributed by atoms with Crippen molar-refractivity contribution in [3.63, 3.8) is 0 Å². The van der Waals surface area contributed by atoms with Crippen molar-refractivity contribution in [2.24, 2.45) is 4.99 Å². The fourth-order valence-electron chi connectivity index (χ4n) is 4.15. The first-order valence-electron chi connectivity index (χ1n) is 12.3. The SMILES string of the molecule is CCCC(=O)Nc1ccc(CN=C(NCC)N2CCC(OCC3CCCCO3)CC2)cc1.I. The average Bonchev–Trinajstić information content (AvgIpc) is 2.82. The maximum Gasteiger partial charge on any atom is 0.224 e. The molecule has 7 nitrogen and oxygen atoms in total. The van der Waals surface area contributed by atoms with Gasteiger partial charge in [-0.25, -0.2) is 4.99 Å². The summed E-state index contributed by atoms with van der Waals surface area (Å²) in [6.07, 6.45) is 7.60. The summed E-state index contributed by atoms with van der Waals surface area (Å²) in [7, 11) is 0. The number of carbonyl (C=O) groups excluding carboxylic acids is 1. The highest BCUT2D eigenvalue weighted by Crippen LogP contribution is 2.18. The highest BCUT2D eigenvalue weighted by molar-refractivity contribution is 14.0. The van der Waals surface area contributed by atoms with Gasteiger partial charge >= 0.3 is 0 Å². The Labute approximate surface area is 216 Å². The molecule has 2 fully saturated rings. The van der Waals surface area contributed by atoms with Crippen molar-refractivity contribution in [3.8, 4) is 0 Å². The van der Waals surface area contributed by atoms with E-state index in [9.17, 15) is 4.79 Å². The third-order valence-corrected chi connectivity index (χ3v) is 5.99. The molecule has 186 valence electrons. The van der Waals surface area contributed by atoms with E-state index in [-0.39, 0.29) is 36.0 Å². The first kappa shape index (κ1) is 27.9. The third kappa shape index (κ3) is 9.78. The van der Waals surface area contributed by atoms with Crippen LogP contribution in [0.15, 0.2) is 29.3 Å². The van der Waals surface area contributed by atoms with E-state index in [4.69, 9.17) is 14.5 Å². The molecule has 2 aliphatic rings. The molecule has 1 unspecified atom stereocenters. The lowest BCUT2D eigenvalue weighted by atomic mass is 10.1. The van der Waals surface area contributed by atoms with Crippen molar-refractivity contribution in [1.29, 1.82) is 0 Å². The van der Waals surface area contributed by atoms with Crippen LogP contribution in [0.25, 0.3) is 0 Å². The third-order valence-electron chi connectivity index (χ3n) is 5.99. The van der Waals surface area contributed by atoms with Crippen LogP contribution in [0.5, 0.6) is 0 Å². The van der Waals surface area contributed by atoms with Crippen LogP contribution in [0.2, 0.25) is 0 Å². The number of hydrogen-bond acceptors (Lipinski definition) is 4. The van der Waals surface area contributed by atoms with E-state index in [2.05, 4.69) is 22.5 Å². The first-order chi connectivity index (χ1) is 15.7. The lowest BCUT2D eigenvalue weighted by Gasteiger charge is -2.35. The Balaban J connectivity index is 0.00000385. The second-order valence-electron chi connectivity index (χ2n) is 8.67. The number of benzene rings is 1. The number of likely N-dealkylation sites (tertiary alicyclic amines) is 1. The molecule has 1 aromatic carbocycles. The number of amides is 1. The van der Waals surface area contributed by atoms with Crippen molar-refractivity contribution in [1.82, 2.24) is 10.2 Å². The van der Waals surface area contributed by atoms with Gasteiger partial charge in [-0.1, -0.05) is 19.1 Å². The van der Waals surface area contributed by atoms with E-state index in [1.165, 1.54) is 12.8 Å². The van der Waals surface area contributed by atoms with Gasteiger partial charge in [0.1, 0.15) is 0 Å². The molecule has 2 saturated heterocycles. The molecule has 1 amide bonds. The lowest BCUT2D eigenvalue weighted by molar-refractivity contribution is -0.116. The minimum atomic E-state index is 0. The highest BCUT2D eigenvalue weighted by Gasteiger charge is 2.23. The molecule has 0 bridgehead atoms. The summed E-state index contributed by atoms with van der Waals surface area (Å²) in [6.45, 7) is 9.07. The molecule has 1 aromatic rings. The van der Waals surface area contributed by atoms with Gasteiger partial charge in [-0.15, -0.1) is 24.0 Å². The van der Waals surface area contributed by atoms with Crippen molar-refractivity contribution >= 4 is 41.5 Å². The second-order valence-corrected chi connectivity index (χ2v) is 8.67. The fourth-order valence-corrected chi connectivity index (χ4v) is 4.15. The van der Waals surface area contributed by atoms with Gasteiger partial charge < -0.3 is 25.0 Å². The predicted octanol–water partition coefficient (Wildman–Crippen LogP) is 4.56. The molecule has 33 heavy (non-hydrogen) atoms.